The molecule has 1 aliphatic heterocycles. The third kappa shape index (κ3) is 2.40. The molecule has 1 aliphatic rings. The number of nitrogens with zero attached hydrogens (tertiary/aromatic N) is 1. The third-order valence-electron chi connectivity index (χ3n) is 3.74. The van der Waals surface area contributed by atoms with Crippen LogP contribution in [0.3, 0.4) is 0 Å². The fourth-order valence-corrected chi connectivity index (χ4v) is 2.84. The monoisotopic (exact) mass is 341 g/mol. The average Bonchev–Trinajstić information content (AvgIpc) is 2.81. The first-order valence-corrected chi connectivity index (χ1v) is 7.08. The molecule has 1 atom stereocenters. The molecular formula is C14H16BrNO4. The highest BCUT2D eigenvalue weighted by Crippen LogP contribution is 2.33. The molecule has 0 radical (unpaired) electrons. The van der Waals surface area contributed by atoms with Crippen molar-refractivity contribution in [3.8, 4) is 5.75 Å². The minimum Gasteiger partial charge on any atom is -0.496 e. The zero-order chi connectivity index (χ0) is 14.9. The molecule has 2 rings (SSSR count). The maximum Gasteiger partial charge on any atom is 0.329 e. The number of amides is 1. The first-order valence-electron chi connectivity index (χ1n) is 6.29. The summed E-state index contributed by atoms with van der Waals surface area (Å²) < 4.78 is 6.01. The minimum atomic E-state index is -1.14. The van der Waals surface area contributed by atoms with E-state index in [9.17, 15) is 14.7 Å². The highest BCUT2D eigenvalue weighted by molar-refractivity contribution is 9.10. The number of ether oxygens (including phenoxy) is 1. The molecule has 1 heterocycles. The summed E-state index contributed by atoms with van der Waals surface area (Å²) in [4.78, 5) is 25.5. The number of carboxylic acids is 1. The molecule has 20 heavy (non-hydrogen) atoms. The van der Waals surface area contributed by atoms with Crippen LogP contribution >= 0.6 is 15.9 Å². The summed E-state index contributed by atoms with van der Waals surface area (Å²) in [5.74, 6) is -0.847. The molecule has 108 valence electrons. The van der Waals surface area contributed by atoms with Crippen molar-refractivity contribution in [3.63, 3.8) is 0 Å². The van der Waals surface area contributed by atoms with E-state index in [4.69, 9.17) is 4.74 Å². The molecular weight excluding hydrogens is 326 g/mol. The van der Waals surface area contributed by atoms with Crippen LogP contribution < -0.4 is 4.74 Å². The third-order valence-corrected chi connectivity index (χ3v) is 4.23. The zero-order valence-electron chi connectivity index (χ0n) is 11.4. The van der Waals surface area contributed by atoms with E-state index in [1.165, 1.54) is 12.0 Å². The number of carbonyl (C=O) groups is 2. The summed E-state index contributed by atoms with van der Waals surface area (Å²) in [6, 6.07) is 5.08. The van der Waals surface area contributed by atoms with Gasteiger partial charge in [-0.15, -0.1) is 0 Å². The number of aliphatic carboxylic acids is 1. The molecule has 0 saturated carbocycles. The van der Waals surface area contributed by atoms with Crippen molar-refractivity contribution in [1.82, 2.24) is 4.90 Å². The van der Waals surface area contributed by atoms with Gasteiger partial charge in [0.1, 0.15) is 11.3 Å². The van der Waals surface area contributed by atoms with E-state index < -0.39 is 11.5 Å². The van der Waals surface area contributed by atoms with Gasteiger partial charge in [-0.1, -0.05) is 15.9 Å². The maximum absolute atomic E-state index is 12.6. The number of hydrogen-bond acceptors (Lipinski definition) is 3. The van der Waals surface area contributed by atoms with Crippen LogP contribution in [0.1, 0.15) is 30.1 Å². The van der Waals surface area contributed by atoms with Crippen LogP contribution in [-0.4, -0.2) is 41.1 Å². The Balaban J connectivity index is 2.39. The van der Waals surface area contributed by atoms with E-state index in [1.807, 2.05) is 0 Å². The lowest BCUT2D eigenvalue weighted by Gasteiger charge is -2.31. The molecule has 1 unspecified atom stereocenters. The van der Waals surface area contributed by atoms with Gasteiger partial charge in [0.15, 0.2) is 0 Å². The molecule has 0 aliphatic carbocycles. The summed E-state index contributed by atoms with van der Waals surface area (Å²) in [7, 11) is 1.49. The Kier molecular flexibility index (Phi) is 4.04. The number of likely N-dealkylation sites (tertiary alicyclic amines) is 1. The Labute approximate surface area is 125 Å². The summed E-state index contributed by atoms with van der Waals surface area (Å²) in [6.07, 6.45) is 1.15. The van der Waals surface area contributed by atoms with Crippen molar-refractivity contribution in [2.24, 2.45) is 0 Å². The highest BCUT2D eigenvalue weighted by Gasteiger charge is 2.46. The molecule has 5 nitrogen and oxygen atoms in total. The van der Waals surface area contributed by atoms with Crippen LogP contribution in [-0.2, 0) is 4.79 Å². The van der Waals surface area contributed by atoms with E-state index in [-0.39, 0.29) is 5.91 Å². The van der Waals surface area contributed by atoms with Crippen LogP contribution in [0.5, 0.6) is 5.75 Å². The van der Waals surface area contributed by atoms with Crippen molar-refractivity contribution in [2.75, 3.05) is 13.7 Å². The molecule has 1 saturated heterocycles. The van der Waals surface area contributed by atoms with Gasteiger partial charge in [-0.25, -0.2) is 4.79 Å². The fourth-order valence-electron chi connectivity index (χ4n) is 2.50. The van der Waals surface area contributed by atoms with E-state index in [0.717, 1.165) is 4.47 Å². The standard InChI is InChI=1S/C14H16BrNO4/c1-14(13(18)19)6-3-7-16(14)12(17)10-5-4-9(15)8-11(10)20-2/h4-5,8H,3,6-7H2,1-2H3,(H,18,19). The SMILES string of the molecule is COc1cc(Br)ccc1C(=O)N1CCCC1(C)C(=O)O. The Morgan fingerprint density at radius 1 is 1.45 bits per heavy atom. The van der Waals surface area contributed by atoms with Crippen LogP contribution in [0.25, 0.3) is 0 Å². The highest BCUT2D eigenvalue weighted by atomic mass is 79.9. The Bertz CT molecular complexity index is 560. The van der Waals surface area contributed by atoms with Gasteiger partial charge in [-0.05, 0) is 38.0 Å². The lowest BCUT2D eigenvalue weighted by atomic mass is 9.98. The van der Waals surface area contributed by atoms with E-state index in [1.54, 1.807) is 25.1 Å². The molecule has 0 aromatic heterocycles. The predicted octanol–water partition coefficient (Wildman–Crippen LogP) is 2.54. The molecule has 1 fully saturated rings. The van der Waals surface area contributed by atoms with Gasteiger partial charge in [0, 0.05) is 11.0 Å². The number of carbonyl (C=O) groups excluding carboxylic acids is 1. The van der Waals surface area contributed by atoms with Gasteiger partial charge in [-0.2, -0.15) is 0 Å². The Morgan fingerprint density at radius 3 is 2.75 bits per heavy atom. The summed E-state index contributed by atoms with van der Waals surface area (Å²) >= 11 is 3.32. The lowest BCUT2D eigenvalue weighted by Crippen LogP contribution is -2.50. The molecule has 6 heteroatoms. The van der Waals surface area contributed by atoms with Crippen LogP contribution in [0, 0.1) is 0 Å². The first kappa shape index (κ1) is 14.8. The van der Waals surface area contributed by atoms with E-state index >= 15 is 0 Å². The smallest absolute Gasteiger partial charge is 0.329 e. The van der Waals surface area contributed by atoms with Crippen LogP contribution in [0.15, 0.2) is 22.7 Å². The number of benzene rings is 1. The van der Waals surface area contributed by atoms with Gasteiger partial charge in [0.2, 0.25) is 0 Å². The largest absolute Gasteiger partial charge is 0.496 e. The van der Waals surface area contributed by atoms with Gasteiger partial charge >= 0.3 is 5.97 Å². The van der Waals surface area contributed by atoms with Crippen molar-refractivity contribution < 1.29 is 19.4 Å². The maximum atomic E-state index is 12.6. The summed E-state index contributed by atoms with van der Waals surface area (Å²) in [5, 5.41) is 9.38. The van der Waals surface area contributed by atoms with Gasteiger partial charge < -0.3 is 14.7 Å². The number of carboxylic acid groups (broad SMARTS) is 1. The lowest BCUT2D eigenvalue weighted by molar-refractivity contribution is -0.147. The second-order valence-electron chi connectivity index (χ2n) is 4.98. The van der Waals surface area contributed by atoms with Crippen molar-refractivity contribution in [2.45, 2.75) is 25.3 Å². The number of methoxy groups -OCH3 is 1. The minimum absolute atomic E-state index is 0.309. The van der Waals surface area contributed by atoms with E-state index in [0.29, 0.717) is 30.7 Å². The quantitative estimate of drug-likeness (QED) is 0.917. The number of halogens is 1. The molecule has 0 bridgehead atoms. The van der Waals surface area contributed by atoms with E-state index in [2.05, 4.69) is 15.9 Å². The van der Waals surface area contributed by atoms with Crippen molar-refractivity contribution in [3.05, 3.63) is 28.2 Å². The zero-order valence-corrected chi connectivity index (χ0v) is 12.9. The van der Waals surface area contributed by atoms with Crippen LogP contribution in [0.4, 0.5) is 0 Å². The number of rotatable bonds is 3. The van der Waals surface area contributed by atoms with Crippen LogP contribution in [0.2, 0.25) is 0 Å². The predicted molar refractivity (Wildman–Crippen MR) is 77.0 cm³/mol. The van der Waals surface area contributed by atoms with Crippen molar-refractivity contribution in [1.29, 1.82) is 0 Å². The topological polar surface area (TPSA) is 66.8 Å². The summed E-state index contributed by atoms with van der Waals surface area (Å²) in [5.41, 5.74) is -0.764. The molecule has 1 N–H and O–H groups in total. The molecule has 1 aromatic rings. The normalized spacial score (nSPS) is 21.9. The second kappa shape index (κ2) is 5.44. The van der Waals surface area contributed by atoms with Gasteiger partial charge in [0.25, 0.3) is 5.91 Å². The summed E-state index contributed by atoms with van der Waals surface area (Å²) in [6.45, 7) is 2.03. The second-order valence-corrected chi connectivity index (χ2v) is 5.90. The fraction of sp³-hybridized carbons (Fsp3) is 0.429. The van der Waals surface area contributed by atoms with Crippen molar-refractivity contribution >= 4 is 27.8 Å². The molecule has 1 amide bonds. The first-order chi connectivity index (χ1) is 9.40. The van der Waals surface area contributed by atoms with Gasteiger partial charge in [0.05, 0.1) is 12.7 Å². The Morgan fingerprint density at radius 2 is 2.15 bits per heavy atom. The molecule has 1 aromatic carbocycles. The number of hydrogen-bond donors (Lipinski definition) is 1. The van der Waals surface area contributed by atoms with Gasteiger partial charge in [-0.3, -0.25) is 4.79 Å². The average molecular weight is 342 g/mol. The Hall–Kier alpha value is -1.56. The molecule has 0 spiro atoms.